The molecule has 0 aliphatic carbocycles. The van der Waals surface area contributed by atoms with Crippen LogP contribution < -0.4 is 5.32 Å². The number of aromatic nitrogens is 1. The van der Waals surface area contributed by atoms with E-state index in [0.29, 0.717) is 37.6 Å². The van der Waals surface area contributed by atoms with Gasteiger partial charge in [-0.05, 0) is 36.7 Å². The van der Waals surface area contributed by atoms with Gasteiger partial charge >= 0.3 is 0 Å². The minimum Gasteiger partial charge on any atom is -0.326 e. The smallest absolute Gasteiger partial charge is 0.243 e. The van der Waals surface area contributed by atoms with Crippen molar-refractivity contribution in [1.29, 1.82) is 0 Å². The molecule has 3 aromatic rings. The van der Waals surface area contributed by atoms with Crippen LogP contribution in [0, 0.1) is 0 Å². The molecule has 10 heteroatoms. The van der Waals surface area contributed by atoms with Crippen LogP contribution in [0.1, 0.15) is 5.69 Å². The molecule has 1 aliphatic heterocycles. The van der Waals surface area contributed by atoms with E-state index in [4.69, 9.17) is 0 Å². The summed E-state index contributed by atoms with van der Waals surface area (Å²) >= 11 is 3.12. The first kappa shape index (κ1) is 21.1. The fourth-order valence-corrected chi connectivity index (χ4v) is 6.29. The number of nitrogens with one attached hydrogen (secondary N) is 1. The second kappa shape index (κ2) is 8.94. The van der Waals surface area contributed by atoms with E-state index in [2.05, 4.69) is 15.2 Å². The number of amides is 1. The number of thiophene rings is 1. The lowest BCUT2D eigenvalue weighted by Crippen LogP contribution is -2.47. The maximum absolute atomic E-state index is 12.9. The molecule has 1 amide bonds. The third-order valence-electron chi connectivity index (χ3n) is 4.84. The molecule has 0 bridgehead atoms. The molecular formula is C20H22N4O3S3. The molecule has 0 spiro atoms. The third-order valence-corrected chi connectivity index (χ3v) is 8.67. The zero-order valence-electron chi connectivity index (χ0n) is 16.4. The van der Waals surface area contributed by atoms with E-state index in [9.17, 15) is 13.2 Å². The number of sulfonamides is 1. The van der Waals surface area contributed by atoms with Crippen molar-refractivity contribution >= 4 is 44.3 Å². The maximum atomic E-state index is 12.9. The molecule has 0 radical (unpaired) electrons. The molecule has 30 heavy (non-hydrogen) atoms. The number of carbonyl (C=O) groups excluding carboxylic acids is 1. The zero-order chi connectivity index (χ0) is 21.1. The normalized spacial score (nSPS) is 15.9. The fourth-order valence-electron chi connectivity index (χ4n) is 3.18. The van der Waals surface area contributed by atoms with Gasteiger partial charge in [0.25, 0.3) is 0 Å². The maximum Gasteiger partial charge on any atom is 0.243 e. The van der Waals surface area contributed by atoms with Gasteiger partial charge < -0.3 is 10.2 Å². The van der Waals surface area contributed by atoms with Crippen molar-refractivity contribution in [3.8, 4) is 9.88 Å². The Hall–Kier alpha value is -2.11. The van der Waals surface area contributed by atoms with Gasteiger partial charge in [-0.3, -0.25) is 4.79 Å². The number of thiazole rings is 1. The van der Waals surface area contributed by atoms with Crippen LogP contribution in [0.4, 0.5) is 5.69 Å². The molecule has 2 aromatic heterocycles. The largest absolute Gasteiger partial charge is 0.326 e. The number of nitrogens with zero attached hydrogens (tertiary/aromatic N) is 3. The number of benzene rings is 1. The number of likely N-dealkylation sites (N-methyl/N-ethyl adjacent to an activating group) is 1. The minimum absolute atomic E-state index is 0.136. The van der Waals surface area contributed by atoms with E-state index < -0.39 is 10.0 Å². The Morgan fingerprint density at radius 1 is 1.13 bits per heavy atom. The fraction of sp³-hybridized carbons (Fsp3) is 0.300. The Labute approximate surface area is 184 Å². The Morgan fingerprint density at radius 2 is 1.93 bits per heavy atom. The Balaban J connectivity index is 1.42. The molecule has 3 heterocycles. The molecular weight excluding hydrogens is 440 g/mol. The first-order valence-corrected chi connectivity index (χ1v) is 12.7. The highest BCUT2D eigenvalue weighted by Crippen LogP contribution is 2.28. The van der Waals surface area contributed by atoms with E-state index in [-0.39, 0.29) is 17.2 Å². The summed E-state index contributed by atoms with van der Waals surface area (Å²) in [7, 11) is -1.60. The molecule has 158 valence electrons. The first-order chi connectivity index (χ1) is 14.4. The van der Waals surface area contributed by atoms with Gasteiger partial charge in [-0.25, -0.2) is 13.4 Å². The van der Waals surface area contributed by atoms with Crippen molar-refractivity contribution in [2.24, 2.45) is 0 Å². The number of carbonyl (C=O) groups is 1. The SMILES string of the molecule is CN1CCN(S(=O)(=O)c2cccc(NC(=O)Cc3csc(-c4cccs4)n3)c2)CC1. The van der Waals surface area contributed by atoms with Crippen molar-refractivity contribution < 1.29 is 13.2 Å². The summed E-state index contributed by atoms with van der Waals surface area (Å²) in [6, 6.07) is 10.4. The van der Waals surface area contributed by atoms with E-state index >= 15 is 0 Å². The molecule has 0 saturated carbocycles. The van der Waals surface area contributed by atoms with E-state index in [1.165, 1.54) is 21.7 Å². The van der Waals surface area contributed by atoms with Gasteiger partial charge in [0.15, 0.2) is 0 Å². The van der Waals surface area contributed by atoms with Gasteiger partial charge in [0.1, 0.15) is 5.01 Å². The number of hydrogen-bond acceptors (Lipinski definition) is 7. The predicted octanol–water partition coefficient (Wildman–Crippen LogP) is 2.99. The molecule has 1 saturated heterocycles. The molecule has 0 atom stereocenters. The van der Waals surface area contributed by atoms with Crippen molar-refractivity contribution in [1.82, 2.24) is 14.2 Å². The summed E-state index contributed by atoms with van der Waals surface area (Å²) < 4.78 is 27.3. The highest BCUT2D eigenvalue weighted by Gasteiger charge is 2.27. The summed E-state index contributed by atoms with van der Waals surface area (Å²) in [5, 5.41) is 7.56. The average molecular weight is 463 g/mol. The van der Waals surface area contributed by atoms with Gasteiger partial charge in [-0.2, -0.15) is 4.31 Å². The summed E-state index contributed by atoms with van der Waals surface area (Å²) in [5.41, 5.74) is 1.16. The van der Waals surface area contributed by atoms with Crippen LogP contribution >= 0.6 is 22.7 Å². The zero-order valence-corrected chi connectivity index (χ0v) is 18.9. The second-order valence-electron chi connectivity index (χ2n) is 7.08. The van der Waals surface area contributed by atoms with Crippen LogP contribution in [0.15, 0.2) is 52.1 Å². The topological polar surface area (TPSA) is 82.6 Å². The lowest BCUT2D eigenvalue weighted by atomic mass is 10.3. The number of anilines is 1. The van der Waals surface area contributed by atoms with Crippen molar-refractivity contribution in [2.45, 2.75) is 11.3 Å². The van der Waals surface area contributed by atoms with Crippen LogP contribution in [-0.2, 0) is 21.2 Å². The van der Waals surface area contributed by atoms with E-state index in [1.807, 2.05) is 29.9 Å². The molecule has 7 nitrogen and oxygen atoms in total. The minimum atomic E-state index is -3.58. The molecule has 1 N–H and O–H groups in total. The van der Waals surface area contributed by atoms with Gasteiger partial charge in [0, 0.05) is 37.2 Å². The predicted molar refractivity (Wildman–Crippen MR) is 120 cm³/mol. The van der Waals surface area contributed by atoms with Crippen LogP contribution in [0.2, 0.25) is 0 Å². The van der Waals surface area contributed by atoms with Crippen molar-refractivity contribution in [3.63, 3.8) is 0 Å². The number of hydrogen-bond donors (Lipinski definition) is 1. The van der Waals surface area contributed by atoms with Crippen molar-refractivity contribution in [2.75, 3.05) is 38.5 Å². The average Bonchev–Trinajstić information content (AvgIpc) is 3.40. The summed E-state index contributed by atoms with van der Waals surface area (Å²) in [5.74, 6) is -0.229. The van der Waals surface area contributed by atoms with Crippen molar-refractivity contribution in [3.05, 3.63) is 52.9 Å². The van der Waals surface area contributed by atoms with Crippen LogP contribution in [-0.4, -0.2) is 61.7 Å². The second-order valence-corrected chi connectivity index (χ2v) is 10.8. The highest BCUT2D eigenvalue weighted by molar-refractivity contribution is 7.89. The van der Waals surface area contributed by atoms with Gasteiger partial charge in [-0.1, -0.05) is 12.1 Å². The van der Waals surface area contributed by atoms with Crippen LogP contribution in [0.5, 0.6) is 0 Å². The van der Waals surface area contributed by atoms with Crippen LogP contribution in [0.3, 0.4) is 0 Å². The standard InChI is InChI=1S/C20H22N4O3S3/c1-23-7-9-24(10-8-23)30(26,27)17-5-2-4-15(12-17)21-19(25)13-16-14-29-20(22-16)18-6-3-11-28-18/h2-6,11-12,14H,7-10,13H2,1H3,(H,21,25). The molecule has 0 unspecified atom stereocenters. The number of piperazine rings is 1. The highest BCUT2D eigenvalue weighted by atomic mass is 32.2. The van der Waals surface area contributed by atoms with E-state index in [1.54, 1.807) is 29.5 Å². The van der Waals surface area contributed by atoms with E-state index in [0.717, 1.165) is 9.88 Å². The third kappa shape index (κ3) is 4.79. The monoisotopic (exact) mass is 462 g/mol. The first-order valence-electron chi connectivity index (χ1n) is 9.49. The summed E-state index contributed by atoms with van der Waals surface area (Å²) in [6.07, 6.45) is 0.136. The molecule has 1 aromatic carbocycles. The van der Waals surface area contributed by atoms with Crippen LogP contribution in [0.25, 0.3) is 9.88 Å². The van der Waals surface area contributed by atoms with Gasteiger partial charge in [0.2, 0.25) is 15.9 Å². The Morgan fingerprint density at radius 3 is 2.67 bits per heavy atom. The lowest BCUT2D eigenvalue weighted by molar-refractivity contribution is -0.115. The Bertz CT molecular complexity index is 1120. The van der Waals surface area contributed by atoms with Gasteiger partial charge in [-0.15, -0.1) is 22.7 Å². The quantitative estimate of drug-likeness (QED) is 0.609. The summed E-state index contributed by atoms with van der Waals surface area (Å²) in [6.45, 7) is 2.34. The van der Waals surface area contributed by atoms with Gasteiger partial charge in [0.05, 0.1) is 21.9 Å². The molecule has 1 aliphatic rings. The lowest BCUT2D eigenvalue weighted by Gasteiger charge is -2.31. The molecule has 1 fully saturated rings. The summed E-state index contributed by atoms with van der Waals surface area (Å²) in [4.78, 5) is 20.4. The molecule has 4 rings (SSSR count). The Kier molecular flexibility index (Phi) is 6.30. The number of rotatable bonds is 6.